The lowest BCUT2D eigenvalue weighted by atomic mass is 10.5. The molecule has 1 nitrogen and oxygen atoms in total. The van der Waals surface area contributed by atoms with Gasteiger partial charge in [0.05, 0.1) is 6.61 Å². The zero-order valence-electron chi connectivity index (χ0n) is 7.16. The molecule has 0 amide bonds. The minimum absolute atomic E-state index is 0.0494. The maximum absolute atomic E-state index is 8.21. The summed E-state index contributed by atoms with van der Waals surface area (Å²) in [4.78, 5) is 0. The molecular weight excluding hydrogens is 196 g/mol. The first kappa shape index (κ1) is 14.5. The van der Waals surface area contributed by atoms with E-state index >= 15 is 0 Å². The van der Waals surface area contributed by atoms with E-state index in [1.165, 1.54) is 11.5 Å². The minimum atomic E-state index is 0.0494. The van der Waals surface area contributed by atoms with Crippen molar-refractivity contribution in [1.29, 1.82) is 0 Å². The third-order valence-electron chi connectivity index (χ3n) is 0.830. The SMILES string of the molecule is CCSCC.OCC(S)CS. The van der Waals surface area contributed by atoms with Gasteiger partial charge in [-0.3, -0.25) is 0 Å². The summed E-state index contributed by atoms with van der Waals surface area (Å²) < 4.78 is 0. The Morgan fingerprint density at radius 1 is 1.36 bits per heavy atom. The summed E-state index contributed by atoms with van der Waals surface area (Å²) in [5, 5.41) is 8.26. The van der Waals surface area contributed by atoms with Gasteiger partial charge in [0.1, 0.15) is 0 Å². The van der Waals surface area contributed by atoms with E-state index in [9.17, 15) is 0 Å². The Kier molecular flexibility index (Phi) is 17.9. The first-order valence-corrected chi connectivity index (χ1v) is 6.00. The van der Waals surface area contributed by atoms with Crippen LogP contribution < -0.4 is 0 Å². The van der Waals surface area contributed by atoms with E-state index in [1.54, 1.807) is 0 Å². The van der Waals surface area contributed by atoms with Crippen molar-refractivity contribution in [3.63, 3.8) is 0 Å². The summed E-state index contributed by atoms with van der Waals surface area (Å²) in [6, 6.07) is 0. The average Bonchev–Trinajstić information content (AvgIpc) is 2.06. The molecule has 70 valence electrons. The van der Waals surface area contributed by atoms with Crippen molar-refractivity contribution in [2.75, 3.05) is 23.9 Å². The van der Waals surface area contributed by atoms with Gasteiger partial charge in [0.25, 0.3) is 0 Å². The fourth-order valence-corrected chi connectivity index (χ4v) is 0.786. The monoisotopic (exact) mass is 214 g/mol. The van der Waals surface area contributed by atoms with Crippen molar-refractivity contribution in [3.05, 3.63) is 0 Å². The van der Waals surface area contributed by atoms with Gasteiger partial charge in [-0.15, -0.1) is 0 Å². The zero-order valence-corrected chi connectivity index (χ0v) is 9.76. The van der Waals surface area contributed by atoms with Crippen molar-refractivity contribution in [2.24, 2.45) is 0 Å². The third kappa shape index (κ3) is 18.2. The van der Waals surface area contributed by atoms with Crippen molar-refractivity contribution in [1.82, 2.24) is 0 Å². The van der Waals surface area contributed by atoms with E-state index < -0.39 is 0 Å². The van der Waals surface area contributed by atoms with Crippen LogP contribution in [-0.2, 0) is 0 Å². The van der Waals surface area contributed by atoms with Crippen LogP contribution in [0.1, 0.15) is 13.8 Å². The van der Waals surface area contributed by atoms with E-state index in [-0.39, 0.29) is 11.9 Å². The highest BCUT2D eigenvalue weighted by Crippen LogP contribution is 1.93. The lowest BCUT2D eigenvalue weighted by Crippen LogP contribution is -2.04. The maximum Gasteiger partial charge on any atom is 0.0555 e. The van der Waals surface area contributed by atoms with Gasteiger partial charge in [0.15, 0.2) is 0 Å². The van der Waals surface area contributed by atoms with Crippen LogP contribution in [0.25, 0.3) is 0 Å². The van der Waals surface area contributed by atoms with Crippen LogP contribution in [0.2, 0.25) is 0 Å². The van der Waals surface area contributed by atoms with E-state index in [0.717, 1.165) is 0 Å². The lowest BCUT2D eigenvalue weighted by molar-refractivity contribution is 0.302. The normalized spacial score (nSPS) is 11.7. The smallest absolute Gasteiger partial charge is 0.0555 e. The Hall–Kier alpha value is 1.01. The quantitative estimate of drug-likeness (QED) is 0.622. The first-order chi connectivity index (χ1) is 5.22. The van der Waals surface area contributed by atoms with Crippen LogP contribution in [0.15, 0.2) is 0 Å². The highest BCUT2D eigenvalue weighted by molar-refractivity contribution is 7.99. The van der Waals surface area contributed by atoms with E-state index in [4.69, 9.17) is 5.11 Å². The summed E-state index contributed by atoms with van der Waals surface area (Å²) in [5.41, 5.74) is 0. The molecule has 0 heterocycles. The molecule has 0 aromatic carbocycles. The first-order valence-electron chi connectivity index (χ1n) is 3.70. The van der Waals surface area contributed by atoms with E-state index in [1.807, 2.05) is 11.8 Å². The van der Waals surface area contributed by atoms with Crippen LogP contribution >= 0.6 is 37.0 Å². The second-order valence-corrected chi connectivity index (χ2v) is 4.46. The molecule has 1 atom stereocenters. The van der Waals surface area contributed by atoms with Crippen molar-refractivity contribution in [3.8, 4) is 0 Å². The molecule has 0 radical (unpaired) electrons. The van der Waals surface area contributed by atoms with Gasteiger partial charge in [-0.05, 0) is 11.5 Å². The molecule has 0 spiro atoms. The van der Waals surface area contributed by atoms with Gasteiger partial charge in [-0.25, -0.2) is 0 Å². The molecule has 0 saturated heterocycles. The molecule has 0 aliphatic carbocycles. The Morgan fingerprint density at radius 3 is 1.82 bits per heavy atom. The molecule has 4 heteroatoms. The number of hydrogen-bond acceptors (Lipinski definition) is 4. The van der Waals surface area contributed by atoms with Gasteiger partial charge in [0.2, 0.25) is 0 Å². The molecule has 0 bridgehead atoms. The van der Waals surface area contributed by atoms with Crippen LogP contribution in [0.4, 0.5) is 0 Å². The third-order valence-corrected chi connectivity index (χ3v) is 2.72. The summed E-state index contributed by atoms with van der Waals surface area (Å²) in [7, 11) is 0. The second-order valence-electron chi connectivity index (χ2n) is 1.80. The van der Waals surface area contributed by atoms with Crippen LogP contribution in [0.3, 0.4) is 0 Å². The molecule has 11 heavy (non-hydrogen) atoms. The average molecular weight is 214 g/mol. The van der Waals surface area contributed by atoms with Crippen molar-refractivity contribution >= 4 is 37.0 Å². The Labute approximate surface area is 85.2 Å². The molecule has 0 aromatic heterocycles. The zero-order chi connectivity index (χ0) is 9.11. The Balaban J connectivity index is 0. The number of hydrogen-bond donors (Lipinski definition) is 3. The molecule has 0 aliphatic rings. The van der Waals surface area contributed by atoms with Gasteiger partial charge in [-0.2, -0.15) is 37.0 Å². The number of rotatable bonds is 4. The number of aliphatic hydroxyl groups excluding tert-OH is 1. The fourth-order valence-electron chi connectivity index (χ4n) is 0.262. The van der Waals surface area contributed by atoms with Crippen LogP contribution in [0.5, 0.6) is 0 Å². The standard InChI is InChI=1S/C4H10S.C3H8OS2/c1-3-5-4-2;4-1-3(6)2-5/h3-4H2,1-2H3;3-6H,1-2H2. The topological polar surface area (TPSA) is 20.2 Å². The Bertz CT molecular complexity index is 55.6. The van der Waals surface area contributed by atoms with E-state index in [2.05, 4.69) is 39.1 Å². The van der Waals surface area contributed by atoms with E-state index in [0.29, 0.717) is 5.75 Å². The summed E-state index contributed by atoms with van der Waals surface area (Å²) in [5.74, 6) is 3.16. The van der Waals surface area contributed by atoms with Gasteiger partial charge in [-0.1, -0.05) is 13.8 Å². The summed E-state index contributed by atoms with van der Waals surface area (Å²) in [6.45, 7) is 4.47. The minimum Gasteiger partial charge on any atom is -0.395 e. The predicted molar refractivity (Wildman–Crippen MR) is 62.4 cm³/mol. The van der Waals surface area contributed by atoms with Crippen LogP contribution in [0, 0.1) is 0 Å². The lowest BCUT2D eigenvalue weighted by Gasteiger charge is -1.96. The molecular formula is C7H18OS3. The molecule has 0 aliphatic heterocycles. The van der Waals surface area contributed by atoms with Crippen molar-refractivity contribution < 1.29 is 5.11 Å². The largest absolute Gasteiger partial charge is 0.395 e. The maximum atomic E-state index is 8.21. The van der Waals surface area contributed by atoms with Gasteiger partial charge in [0, 0.05) is 11.0 Å². The molecule has 0 saturated carbocycles. The number of thioether (sulfide) groups is 1. The Morgan fingerprint density at radius 2 is 1.82 bits per heavy atom. The molecule has 0 rings (SSSR count). The van der Waals surface area contributed by atoms with Gasteiger partial charge < -0.3 is 5.11 Å². The highest BCUT2D eigenvalue weighted by atomic mass is 32.2. The second kappa shape index (κ2) is 13.6. The molecule has 0 aromatic rings. The summed E-state index contributed by atoms with van der Waals surface area (Å²) >= 11 is 9.73. The molecule has 1 N–H and O–H groups in total. The number of thiol groups is 2. The fraction of sp³-hybridized carbons (Fsp3) is 1.00. The molecule has 1 unspecified atom stereocenters. The number of aliphatic hydroxyl groups is 1. The molecule has 0 fully saturated rings. The van der Waals surface area contributed by atoms with Gasteiger partial charge >= 0.3 is 0 Å². The van der Waals surface area contributed by atoms with Crippen molar-refractivity contribution in [2.45, 2.75) is 19.1 Å². The predicted octanol–water partition coefficient (Wildman–Crippen LogP) is 1.97. The highest BCUT2D eigenvalue weighted by Gasteiger charge is 1.92. The summed E-state index contributed by atoms with van der Waals surface area (Å²) in [6.07, 6.45) is 0. The van der Waals surface area contributed by atoms with Crippen LogP contribution in [-0.4, -0.2) is 34.2 Å².